The topological polar surface area (TPSA) is 65.1 Å². The van der Waals surface area contributed by atoms with E-state index in [1.54, 1.807) is 18.2 Å². The van der Waals surface area contributed by atoms with Crippen LogP contribution in [0.15, 0.2) is 33.5 Å². The molecule has 0 fully saturated rings. The van der Waals surface area contributed by atoms with E-state index in [4.69, 9.17) is 5.21 Å². The fraction of sp³-hybridized carbons (Fsp3) is 0. The molecule has 0 saturated carbocycles. The second-order valence-electron chi connectivity index (χ2n) is 2.86. The fourth-order valence-corrected chi connectivity index (χ4v) is 1.68. The van der Waals surface area contributed by atoms with Crippen molar-refractivity contribution in [3.8, 4) is 0 Å². The molecule has 0 aliphatic carbocycles. The van der Waals surface area contributed by atoms with Crippen molar-refractivity contribution in [1.29, 1.82) is 0 Å². The van der Waals surface area contributed by atoms with Crippen LogP contribution in [0, 0.1) is 0 Å². The van der Waals surface area contributed by atoms with Crippen molar-refractivity contribution in [3.63, 3.8) is 0 Å². The second-order valence-corrected chi connectivity index (χ2v) is 3.77. The van der Waals surface area contributed by atoms with Crippen molar-refractivity contribution < 1.29 is 5.21 Å². The number of benzene rings is 1. The van der Waals surface area contributed by atoms with Gasteiger partial charge in [0.25, 0.3) is 5.56 Å². The average molecular weight is 255 g/mol. The molecule has 0 saturated heterocycles. The number of rotatable bonds is 1. The molecule has 0 bridgehead atoms. The molecule has 3 N–H and O–H groups in total. The van der Waals surface area contributed by atoms with Gasteiger partial charge >= 0.3 is 0 Å². The van der Waals surface area contributed by atoms with Gasteiger partial charge < -0.3 is 4.98 Å². The van der Waals surface area contributed by atoms with Gasteiger partial charge in [-0.05, 0) is 29.7 Å². The summed E-state index contributed by atoms with van der Waals surface area (Å²) in [5, 5.41) is 10.0. The lowest BCUT2D eigenvalue weighted by Crippen LogP contribution is -2.08. The van der Waals surface area contributed by atoms with Crippen LogP contribution in [-0.4, -0.2) is 10.2 Å². The highest BCUT2D eigenvalue weighted by Gasteiger charge is 2.01. The maximum Gasteiger partial charge on any atom is 0.257 e. The summed E-state index contributed by atoms with van der Waals surface area (Å²) in [5.41, 5.74) is 1.68. The molecule has 2 rings (SSSR count). The molecular formula is C9H7BrN2O2. The summed E-state index contributed by atoms with van der Waals surface area (Å²) in [7, 11) is 0. The summed E-state index contributed by atoms with van der Waals surface area (Å²) in [6, 6.07) is 6.98. The average Bonchev–Trinajstić information content (AvgIpc) is 2.16. The molecule has 0 atom stereocenters. The fourth-order valence-electron chi connectivity index (χ4n) is 1.30. The van der Waals surface area contributed by atoms with E-state index in [-0.39, 0.29) is 11.4 Å². The van der Waals surface area contributed by atoms with Crippen LogP contribution in [0.1, 0.15) is 0 Å². The van der Waals surface area contributed by atoms with E-state index >= 15 is 0 Å². The van der Waals surface area contributed by atoms with Crippen LogP contribution in [0.5, 0.6) is 0 Å². The SMILES string of the molecule is O=c1[nH]c(NO)cc2cc(Br)ccc12. The molecule has 72 valence electrons. The Morgan fingerprint density at radius 1 is 1.36 bits per heavy atom. The minimum atomic E-state index is -0.230. The highest BCUT2D eigenvalue weighted by atomic mass is 79.9. The van der Waals surface area contributed by atoms with E-state index in [0.29, 0.717) is 5.39 Å². The van der Waals surface area contributed by atoms with E-state index in [2.05, 4.69) is 20.9 Å². The van der Waals surface area contributed by atoms with Gasteiger partial charge in [0.15, 0.2) is 0 Å². The molecule has 0 spiro atoms. The number of H-pyrrole nitrogens is 1. The molecule has 1 aromatic carbocycles. The van der Waals surface area contributed by atoms with Gasteiger partial charge in [0.1, 0.15) is 5.82 Å². The van der Waals surface area contributed by atoms with Crippen LogP contribution in [-0.2, 0) is 0 Å². The number of anilines is 1. The number of aromatic nitrogens is 1. The molecule has 0 radical (unpaired) electrons. The standard InChI is InChI=1S/C9H7BrN2O2/c10-6-1-2-7-5(3-6)4-8(12-14)11-9(7)13/h1-4,14H,(H2,11,12,13). The summed E-state index contributed by atoms with van der Waals surface area (Å²) in [5.74, 6) is 0.278. The van der Waals surface area contributed by atoms with Crippen molar-refractivity contribution in [2.24, 2.45) is 0 Å². The van der Waals surface area contributed by atoms with Gasteiger partial charge in [-0.15, -0.1) is 0 Å². The smallest absolute Gasteiger partial charge is 0.257 e. The molecule has 0 aliphatic heterocycles. The Balaban J connectivity index is 2.84. The molecular weight excluding hydrogens is 248 g/mol. The van der Waals surface area contributed by atoms with Crippen LogP contribution >= 0.6 is 15.9 Å². The van der Waals surface area contributed by atoms with Crippen LogP contribution in [0.25, 0.3) is 10.8 Å². The Labute approximate surface area is 87.7 Å². The number of pyridine rings is 1. The van der Waals surface area contributed by atoms with E-state index in [0.717, 1.165) is 9.86 Å². The lowest BCUT2D eigenvalue weighted by Gasteiger charge is -2.01. The first-order valence-corrected chi connectivity index (χ1v) is 4.73. The number of nitrogens with one attached hydrogen (secondary N) is 2. The normalized spacial score (nSPS) is 10.4. The van der Waals surface area contributed by atoms with Gasteiger partial charge in [-0.2, -0.15) is 0 Å². The van der Waals surface area contributed by atoms with Crippen molar-refractivity contribution in [2.45, 2.75) is 0 Å². The third-order valence-electron chi connectivity index (χ3n) is 1.93. The maximum atomic E-state index is 11.4. The van der Waals surface area contributed by atoms with Gasteiger partial charge in [0, 0.05) is 9.86 Å². The summed E-state index contributed by atoms with van der Waals surface area (Å²) >= 11 is 3.31. The largest absolute Gasteiger partial charge is 0.307 e. The Morgan fingerprint density at radius 2 is 2.14 bits per heavy atom. The van der Waals surface area contributed by atoms with Crippen LogP contribution in [0.4, 0.5) is 5.82 Å². The first kappa shape index (κ1) is 9.23. The zero-order valence-electron chi connectivity index (χ0n) is 7.04. The summed E-state index contributed by atoms with van der Waals surface area (Å²) in [6.07, 6.45) is 0. The van der Waals surface area contributed by atoms with Crippen LogP contribution in [0.2, 0.25) is 0 Å². The first-order valence-electron chi connectivity index (χ1n) is 3.93. The lowest BCUT2D eigenvalue weighted by molar-refractivity contribution is 0.386. The number of hydrogen-bond donors (Lipinski definition) is 3. The van der Waals surface area contributed by atoms with Gasteiger partial charge in [-0.25, -0.2) is 0 Å². The van der Waals surface area contributed by atoms with Gasteiger partial charge in [0.05, 0.1) is 0 Å². The molecule has 4 nitrogen and oxygen atoms in total. The molecule has 0 amide bonds. The third kappa shape index (κ3) is 1.51. The minimum Gasteiger partial charge on any atom is -0.307 e. The van der Waals surface area contributed by atoms with E-state index in [9.17, 15) is 4.79 Å². The third-order valence-corrected chi connectivity index (χ3v) is 2.42. The molecule has 5 heteroatoms. The molecule has 2 aromatic rings. The van der Waals surface area contributed by atoms with Gasteiger partial charge in [0.2, 0.25) is 0 Å². The monoisotopic (exact) mass is 254 g/mol. The van der Waals surface area contributed by atoms with Crippen LogP contribution in [0.3, 0.4) is 0 Å². The predicted molar refractivity (Wildman–Crippen MR) is 57.7 cm³/mol. The Hall–Kier alpha value is -1.33. The van der Waals surface area contributed by atoms with Gasteiger partial charge in [-0.1, -0.05) is 15.9 Å². The molecule has 1 heterocycles. The summed E-state index contributed by atoms with van der Waals surface area (Å²) in [6.45, 7) is 0. The number of fused-ring (bicyclic) bond motifs is 1. The predicted octanol–water partition coefficient (Wildman–Crippen LogP) is 2.09. The zero-order chi connectivity index (χ0) is 10.1. The number of hydrogen-bond acceptors (Lipinski definition) is 3. The van der Waals surface area contributed by atoms with Crippen molar-refractivity contribution >= 4 is 32.5 Å². The van der Waals surface area contributed by atoms with E-state index < -0.39 is 0 Å². The maximum absolute atomic E-state index is 11.4. The highest BCUT2D eigenvalue weighted by Crippen LogP contribution is 2.18. The van der Waals surface area contributed by atoms with E-state index in [1.807, 2.05) is 11.5 Å². The Bertz CT molecular complexity index is 536. The zero-order valence-corrected chi connectivity index (χ0v) is 8.63. The van der Waals surface area contributed by atoms with Crippen LogP contribution < -0.4 is 11.0 Å². The van der Waals surface area contributed by atoms with Gasteiger partial charge in [-0.3, -0.25) is 15.5 Å². The minimum absolute atomic E-state index is 0.230. The number of aromatic amines is 1. The van der Waals surface area contributed by atoms with Crippen molar-refractivity contribution in [2.75, 3.05) is 5.48 Å². The molecule has 0 aliphatic rings. The Morgan fingerprint density at radius 3 is 2.86 bits per heavy atom. The Kier molecular flexibility index (Phi) is 2.26. The first-order chi connectivity index (χ1) is 6.70. The summed E-state index contributed by atoms with van der Waals surface area (Å²) < 4.78 is 0.888. The van der Waals surface area contributed by atoms with Crippen molar-refractivity contribution in [3.05, 3.63) is 39.1 Å². The number of halogens is 1. The summed E-state index contributed by atoms with van der Waals surface area (Å²) in [4.78, 5) is 13.9. The molecule has 0 unspecified atom stereocenters. The second kappa shape index (κ2) is 3.43. The molecule has 14 heavy (non-hydrogen) atoms. The highest BCUT2D eigenvalue weighted by molar-refractivity contribution is 9.10. The quantitative estimate of drug-likeness (QED) is 0.683. The lowest BCUT2D eigenvalue weighted by atomic mass is 10.2. The molecule has 1 aromatic heterocycles. The van der Waals surface area contributed by atoms with E-state index in [1.165, 1.54) is 0 Å². The van der Waals surface area contributed by atoms with Crippen molar-refractivity contribution in [1.82, 2.24) is 4.98 Å².